The smallest absolute Gasteiger partial charge is 0.229 e. The van der Waals surface area contributed by atoms with Crippen LogP contribution in [0.2, 0.25) is 5.02 Å². The van der Waals surface area contributed by atoms with Crippen molar-refractivity contribution in [2.45, 2.75) is 25.3 Å². The molecule has 0 spiro atoms. The van der Waals surface area contributed by atoms with Crippen LogP contribution in [-0.4, -0.2) is 67.2 Å². The van der Waals surface area contributed by atoms with Gasteiger partial charge in [0.25, 0.3) is 0 Å². The Bertz CT molecular complexity index is 1110. The maximum absolute atomic E-state index is 12.5. The van der Waals surface area contributed by atoms with Gasteiger partial charge in [0.15, 0.2) is 5.82 Å². The van der Waals surface area contributed by atoms with Crippen molar-refractivity contribution >= 4 is 35.0 Å². The molecule has 3 N–H and O–H groups in total. The summed E-state index contributed by atoms with van der Waals surface area (Å²) in [7, 11) is 3.44. The summed E-state index contributed by atoms with van der Waals surface area (Å²) in [5, 5.41) is 10.1. The van der Waals surface area contributed by atoms with Crippen LogP contribution in [0.5, 0.6) is 0 Å². The Morgan fingerprint density at radius 2 is 2.00 bits per heavy atom. The molecule has 35 heavy (non-hydrogen) atoms. The average molecular weight is 497 g/mol. The summed E-state index contributed by atoms with van der Waals surface area (Å²) in [4.78, 5) is 24.1. The van der Waals surface area contributed by atoms with Crippen LogP contribution in [0.3, 0.4) is 0 Å². The highest BCUT2D eigenvalue weighted by Gasteiger charge is 2.48. The first-order valence-electron chi connectivity index (χ1n) is 12.3. The fourth-order valence-corrected chi connectivity index (χ4v) is 5.80. The Morgan fingerprint density at radius 3 is 2.80 bits per heavy atom. The minimum Gasteiger partial charge on any atom is -0.383 e. The van der Waals surface area contributed by atoms with Crippen LogP contribution in [0.4, 0.5) is 17.5 Å². The van der Waals surface area contributed by atoms with E-state index in [-0.39, 0.29) is 29.7 Å². The molecule has 2 aliphatic carbocycles. The molecule has 1 aromatic heterocycles. The summed E-state index contributed by atoms with van der Waals surface area (Å²) in [6.07, 6.45) is 8.97. The van der Waals surface area contributed by atoms with Gasteiger partial charge in [0.05, 0.1) is 18.7 Å². The molecule has 8 nitrogen and oxygen atoms in total. The van der Waals surface area contributed by atoms with Gasteiger partial charge in [0.1, 0.15) is 5.02 Å². The molecular weight excluding hydrogens is 464 g/mol. The number of halogens is 1. The van der Waals surface area contributed by atoms with Crippen LogP contribution in [0.15, 0.2) is 36.5 Å². The number of rotatable bonds is 8. The number of amides is 1. The van der Waals surface area contributed by atoms with E-state index in [1.807, 2.05) is 0 Å². The quantitative estimate of drug-likeness (QED) is 0.483. The van der Waals surface area contributed by atoms with Gasteiger partial charge in [-0.25, -0.2) is 4.98 Å². The van der Waals surface area contributed by atoms with Crippen LogP contribution < -0.4 is 16.0 Å². The summed E-state index contributed by atoms with van der Waals surface area (Å²) < 4.78 is 5.24. The highest BCUT2D eigenvalue weighted by molar-refractivity contribution is 6.32. The average Bonchev–Trinajstić information content (AvgIpc) is 3.41. The van der Waals surface area contributed by atoms with Crippen molar-refractivity contribution in [1.82, 2.24) is 20.2 Å². The normalized spacial score (nSPS) is 25.2. The van der Waals surface area contributed by atoms with Crippen LogP contribution in [0, 0.1) is 17.8 Å². The Balaban J connectivity index is 1.29. The van der Waals surface area contributed by atoms with Crippen molar-refractivity contribution < 1.29 is 9.53 Å². The van der Waals surface area contributed by atoms with Crippen molar-refractivity contribution in [1.29, 1.82) is 0 Å². The van der Waals surface area contributed by atoms with E-state index < -0.39 is 0 Å². The summed E-state index contributed by atoms with van der Waals surface area (Å²) in [6, 6.07) is 6.43. The predicted molar refractivity (Wildman–Crippen MR) is 138 cm³/mol. The Hall–Kier alpha value is -2.68. The lowest BCUT2D eigenvalue weighted by Crippen LogP contribution is -2.42. The molecule has 2 bridgehead atoms. The summed E-state index contributed by atoms with van der Waals surface area (Å²) in [5.41, 5.74) is 3.69. The molecule has 1 aliphatic heterocycles. The first-order chi connectivity index (χ1) is 17.1. The van der Waals surface area contributed by atoms with Crippen molar-refractivity contribution in [3.63, 3.8) is 0 Å². The number of hydrogen-bond donors (Lipinski definition) is 3. The van der Waals surface area contributed by atoms with Crippen LogP contribution >= 0.6 is 11.6 Å². The van der Waals surface area contributed by atoms with Crippen LogP contribution in [0.1, 0.15) is 17.5 Å². The number of fused-ring (bicyclic) bond motifs is 3. The van der Waals surface area contributed by atoms with Gasteiger partial charge >= 0.3 is 0 Å². The number of nitrogens with zero attached hydrogens (tertiary/aromatic N) is 3. The van der Waals surface area contributed by atoms with Crippen molar-refractivity contribution in [3.8, 4) is 0 Å². The fraction of sp³-hybridized carbons (Fsp3) is 0.500. The number of hydrogen-bond acceptors (Lipinski definition) is 7. The van der Waals surface area contributed by atoms with E-state index >= 15 is 0 Å². The Kier molecular flexibility index (Phi) is 7.22. The summed E-state index contributed by atoms with van der Waals surface area (Å²) in [6.45, 7) is 3.79. The second-order valence-electron chi connectivity index (χ2n) is 9.59. The maximum atomic E-state index is 12.5. The molecule has 1 amide bonds. The molecule has 5 rings (SSSR count). The molecule has 2 heterocycles. The second-order valence-corrected chi connectivity index (χ2v) is 10.00. The zero-order valence-corrected chi connectivity index (χ0v) is 21.0. The third kappa shape index (κ3) is 5.15. The zero-order chi connectivity index (χ0) is 24.4. The number of anilines is 3. The molecule has 9 heteroatoms. The molecule has 1 fully saturated rings. The van der Waals surface area contributed by atoms with Crippen LogP contribution in [0.25, 0.3) is 0 Å². The molecule has 1 aromatic carbocycles. The minimum absolute atomic E-state index is 0.0428. The molecule has 0 saturated heterocycles. The van der Waals surface area contributed by atoms with Crippen LogP contribution in [-0.2, 0) is 22.4 Å². The first kappa shape index (κ1) is 24.0. The number of carbonyl (C=O) groups is 1. The molecule has 4 atom stereocenters. The monoisotopic (exact) mass is 496 g/mol. The van der Waals surface area contributed by atoms with Crippen molar-refractivity contribution in [2.75, 3.05) is 51.0 Å². The van der Waals surface area contributed by atoms with Gasteiger partial charge in [-0.15, -0.1) is 0 Å². The standard InChI is InChI=1S/C26H33ClN6O2/c1-28-25(34)22-18-3-4-19(13-18)23(22)31-24-21(27)15-29-26(32-24)30-20-6-5-16-7-9-33(11-12-35-2)10-8-17(16)14-20/h3-6,14-15,18-19,22-23H,7-13H2,1-2H3,(H,28,34)(H2,29,30,31,32)/t18-,19+,22+,23-/m0/s1. The number of benzene rings is 1. The van der Waals surface area contributed by atoms with Gasteiger partial charge in [0, 0.05) is 45.5 Å². The van der Waals surface area contributed by atoms with E-state index in [1.165, 1.54) is 11.1 Å². The van der Waals surface area contributed by atoms with Gasteiger partial charge < -0.3 is 25.6 Å². The first-order valence-corrected chi connectivity index (χ1v) is 12.7. The molecular formula is C26H33ClN6O2. The van der Waals surface area contributed by atoms with E-state index in [0.29, 0.717) is 16.8 Å². The predicted octanol–water partition coefficient (Wildman–Crippen LogP) is 3.27. The topological polar surface area (TPSA) is 91.4 Å². The second kappa shape index (κ2) is 10.5. The summed E-state index contributed by atoms with van der Waals surface area (Å²) in [5.74, 6) is 1.48. The SMILES string of the molecule is CNC(=O)[C@H]1[C@@H](Nc2nc(Nc3ccc4c(c3)CCN(CCOC)CC4)ncc2Cl)[C@@H]2C=C[C@H]1C2. The molecule has 186 valence electrons. The highest BCUT2D eigenvalue weighted by Crippen LogP contribution is 2.45. The van der Waals surface area contributed by atoms with Gasteiger partial charge in [-0.05, 0) is 54.4 Å². The number of methoxy groups -OCH3 is 1. The summed E-state index contributed by atoms with van der Waals surface area (Å²) >= 11 is 6.46. The lowest BCUT2D eigenvalue weighted by molar-refractivity contribution is -0.125. The Morgan fingerprint density at radius 1 is 1.20 bits per heavy atom. The van der Waals surface area contributed by atoms with Crippen molar-refractivity contribution in [2.24, 2.45) is 17.8 Å². The number of carbonyl (C=O) groups excluding carboxylic acids is 1. The molecule has 1 saturated carbocycles. The van der Waals surface area contributed by atoms with E-state index in [2.05, 4.69) is 61.2 Å². The molecule has 0 radical (unpaired) electrons. The maximum Gasteiger partial charge on any atom is 0.229 e. The largest absolute Gasteiger partial charge is 0.383 e. The van der Waals surface area contributed by atoms with Crippen molar-refractivity contribution in [3.05, 3.63) is 52.7 Å². The number of aromatic nitrogens is 2. The van der Waals surface area contributed by atoms with E-state index in [0.717, 1.165) is 51.2 Å². The number of nitrogens with one attached hydrogen (secondary N) is 3. The number of ether oxygens (including phenoxy) is 1. The Labute approximate surface area is 211 Å². The zero-order valence-electron chi connectivity index (χ0n) is 20.3. The van der Waals surface area contributed by atoms with E-state index in [4.69, 9.17) is 16.3 Å². The van der Waals surface area contributed by atoms with E-state index in [9.17, 15) is 4.79 Å². The molecule has 3 aliphatic rings. The minimum atomic E-state index is -0.134. The lowest BCUT2D eigenvalue weighted by atomic mass is 9.88. The lowest BCUT2D eigenvalue weighted by Gasteiger charge is -2.28. The number of allylic oxidation sites excluding steroid dienone is 1. The van der Waals surface area contributed by atoms with Gasteiger partial charge in [0.2, 0.25) is 11.9 Å². The van der Waals surface area contributed by atoms with Gasteiger partial charge in [-0.2, -0.15) is 4.98 Å². The van der Waals surface area contributed by atoms with Gasteiger partial charge in [-0.1, -0.05) is 29.8 Å². The molecule has 0 unspecified atom stereocenters. The van der Waals surface area contributed by atoms with Gasteiger partial charge in [-0.3, -0.25) is 4.79 Å². The third-order valence-electron chi connectivity index (χ3n) is 7.52. The third-order valence-corrected chi connectivity index (χ3v) is 7.80. The molecule has 2 aromatic rings. The van der Waals surface area contributed by atoms with E-state index in [1.54, 1.807) is 20.4 Å². The fourth-order valence-electron chi connectivity index (χ4n) is 5.65. The highest BCUT2D eigenvalue weighted by atomic mass is 35.5.